The van der Waals surface area contributed by atoms with Crippen molar-refractivity contribution >= 4 is 5.97 Å². The number of hydrogen-bond donors (Lipinski definition) is 1. The molecule has 1 aromatic rings. The van der Waals surface area contributed by atoms with Gasteiger partial charge in [0.2, 0.25) is 0 Å². The third-order valence-corrected chi connectivity index (χ3v) is 3.32. The van der Waals surface area contributed by atoms with E-state index in [9.17, 15) is 4.79 Å². The lowest BCUT2D eigenvalue weighted by Gasteiger charge is -2.25. The average molecular weight is 265 g/mol. The molecule has 0 aliphatic rings. The van der Waals surface area contributed by atoms with E-state index in [1.165, 1.54) is 7.11 Å². The Bertz CT molecular complexity index is 455. The highest BCUT2D eigenvalue weighted by Crippen LogP contribution is 2.31. The summed E-state index contributed by atoms with van der Waals surface area (Å²) in [4.78, 5) is 11.7. The van der Waals surface area contributed by atoms with E-state index in [4.69, 9.17) is 15.2 Å². The Morgan fingerprint density at radius 1 is 1.37 bits per heavy atom. The van der Waals surface area contributed by atoms with Crippen LogP contribution in [-0.4, -0.2) is 20.2 Å². The van der Waals surface area contributed by atoms with Crippen LogP contribution in [-0.2, 0) is 9.53 Å². The van der Waals surface area contributed by atoms with E-state index in [1.807, 2.05) is 39.0 Å². The van der Waals surface area contributed by atoms with Gasteiger partial charge in [0.05, 0.1) is 19.6 Å². The van der Waals surface area contributed by atoms with Gasteiger partial charge in [-0.2, -0.15) is 0 Å². The quantitative estimate of drug-likeness (QED) is 0.831. The van der Waals surface area contributed by atoms with Gasteiger partial charge in [0.1, 0.15) is 5.75 Å². The standard InChI is InChI=1S/C15H23NO3/c1-10-8-11(6-7-13(10)18-4)12(16)9-15(2,3)14(17)19-5/h6-8,12H,9,16H2,1-5H3. The van der Waals surface area contributed by atoms with Gasteiger partial charge in [0.25, 0.3) is 0 Å². The van der Waals surface area contributed by atoms with Gasteiger partial charge in [-0.1, -0.05) is 12.1 Å². The summed E-state index contributed by atoms with van der Waals surface area (Å²) in [6.45, 7) is 5.66. The fourth-order valence-corrected chi connectivity index (χ4v) is 2.16. The van der Waals surface area contributed by atoms with Crippen molar-refractivity contribution in [3.05, 3.63) is 29.3 Å². The van der Waals surface area contributed by atoms with Gasteiger partial charge in [-0.25, -0.2) is 0 Å². The van der Waals surface area contributed by atoms with E-state index < -0.39 is 5.41 Å². The summed E-state index contributed by atoms with van der Waals surface area (Å²) in [7, 11) is 3.04. The van der Waals surface area contributed by atoms with Crippen LogP contribution in [0.4, 0.5) is 0 Å². The smallest absolute Gasteiger partial charge is 0.311 e. The predicted octanol–water partition coefficient (Wildman–Crippen LogP) is 2.59. The van der Waals surface area contributed by atoms with E-state index in [0.717, 1.165) is 16.9 Å². The molecule has 0 spiro atoms. The van der Waals surface area contributed by atoms with Gasteiger partial charge in [0.15, 0.2) is 0 Å². The molecule has 0 radical (unpaired) electrons. The second-order valence-corrected chi connectivity index (χ2v) is 5.42. The second-order valence-electron chi connectivity index (χ2n) is 5.42. The van der Waals surface area contributed by atoms with Crippen molar-refractivity contribution in [3.63, 3.8) is 0 Å². The van der Waals surface area contributed by atoms with Gasteiger partial charge in [-0.3, -0.25) is 4.79 Å². The number of carbonyl (C=O) groups is 1. The summed E-state index contributed by atoms with van der Waals surface area (Å²) < 4.78 is 10.0. The van der Waals surface area contributed by atoms with E-state index in [0.29, 0.717) is 6.42 Å². The van der Waals surface area contributed by atoms with Crippen LogP contribution in [0.5, 0.6) is 5.75 Å². The number of benzene rings is 1. The Hall–Kier alpha value is -1.55. The molecule has 4 nitrogen and oxygen atoms in total. The predicted molar refractivity (Wildman–Crippen MR) is 75.1 cm³/mol. The summed E-state index contributed by atoms with van der Waals surface area (Å²) in [5.41, 5.74) is 7.62. The molecule has 1 unspecified atom stereocenters. The van der Waals surface area contributed by atoms with Crippen LogP contribution in [0.2, 0.25) is 0 Å². The van der Waals surface area contributed by atoms with Crippen LogP contribution < -0.4 is 10.5 Å². The number of hydrogen-bond acceptors (Lipinski definition) is 4. The molecule has 0 saturated carbocycles. The van der Waals surface area contributed by atoms with E-state index in [-0.39, 0.29) is 12.0 Å². The molecule has 0 aliphatic heterocycles. The van der Waals surface area contributed by atoms with Crippen LogP contribution in [0.25, 0.3) is 0 Å². The maximum Gasteiger partial charge on any atom is 0.311 e. The van der Waals surface area contributed by atoms with Crippen LogP contribution in [0, 0.1) is 12.3 Å². The van der Waals surface area contributed by atoms with Crippen molar-refractivity contribution in [1.82, 2.24) is 0 Å². The first-order valence-corrected chi connectivity index (χ1v) is 6.30. The highest BCUT2D eigenvalue weighted by atomic mass is 16.5. The Morgan fingerprint density at radius 3 is 2.47 bits per heavy atom. The number of ether oxygens (including phenoxy) is 2. The van der Waals surface area contributed by atoms with Crippen LogP contribution in [0.15, 0.2) is 18.2 Å². The maximum absolute atomic E-state index is 11.7. The second kappa shape index (κ2) is 6.06. The first-order chi connectivity index (χ1) is 8.81. The Kier molecular flexibility index (Phi) is 4.95. The van der Waals surface area contributed by atoms with Crippen molar-refractivity contribution in [2.45, 2.75) is 33.2 Å². The summed E-state index contributed by atoms with van der Waals surface area (Å²) in [5, 5.41) is 0. The van der Waals surface area contributed by atoms with Gasteiger partial charge in [-0.05, 0) is 44.4 Å². The fourth-order valence-electron chi connectivity index (χ4n) is 2.16. The molecule has 19 heavy (non-hydrogen) atoms. The average Bonchev–Trinajstić information content (AvgIpc) is 2.36. The minimum absolute atomic E-state index is 0.210. The summed E-state index contributed by atoms with van der Waals surface area (Å²) in [6.07, 6.45) is 0.533. The SMILES string of the molecule is COC(=O)C(C)(C)CC(N)c1ccc(OC)c(C)c1. The molecule has 1 atom stereocenters. The molecule has 1 rings (SSSR count). The Balaban J connectivity index is 2.86. The first-order valence-electron chi connectivity index (χ1n) is 6.30. The molecule has 0 bridgehead atoms. The summed E-state index contributed by atoms with van der Waals surface area (Å²) >= 11 is 0. The lowest BCUT2D eigenvalue weighted by Crippen LogP contribution is -2.30. The molecule has 0 amide bonds. The number of nitrogens with two attached hydrogens (primary N) is 1. The lowest BCUT2D eigenvalue weighted by atomic mass is 9.83. The molecule has 0 saturated heterocycles. The third-order valence-electron chi connectivity index (χ3n) is 3.32. The topological polar surface area (TPSA) is 61.5 Å². The molecule has 106 valence electrons. The highest BCUT2D eigenvalue weighted by molar-refractivity contribution is 5.75. The number of aryl methyl sites for hydroxylation is 1. The molecule has 0 aromatic heterocycles. The number of methoxy groups -OCH3 is 2. The van der Waals surface area contributed by atoms with Gasteiger partial charge >= 0.3 is 5.97 Å². The third kappa shape index (κ3) is 3.70. The summed E-state index contributed by atoms with van der Waals surface area (Å²) in [6, 6.07) is 5.62. The van der Waals surface area contributed by atoms with E-state index >= 15 is 0 Å². The molecule has 2 N–H and O–H groups in total. The van der Waals surface area contributed by atoms with E-state index in [1.54, 1.807) is 7.11 Å². The molecule has 0 heterocycles. The number of carbonyl (C=O) groups excluding carboxylic acids is 1. The Morgan fingerprint density at radius 2 is 2.00 bits per heavy atom. The monoisotopic (exact) mass is 265 g/mol. The molecule has 0 aliphatic carbocycles. The van der Waals surface area contributed by atoms with Gasteiger partial charge in [0, 0.05) is 6.04 Å². The van der Waals surface area contributed by atoms with E-state index in [2.05, 4.69) is 0 Å². The highest BCUT2D eigenvalue weighted by Gasteiger charge is 2.31. The zero-order valence-corrected chi connectivity index (χ0v) is 12.3. The van der Waals surface area contributed by atoms with Crippen LogP contribution in [0.3, 0.4) is 0 Å². The fraction of sp³-hybridized carbons (Fsp3) is 0.533. The van der Waals surface area contributed by atoms with Gasteiger partial charge in [-0.15, -0.1) is 0 Å². The zero-order valence-electron chi connectivity index (χ0n) is 12.3. The minimum atomic E-state index is -0.595. The number of esters is 1. The molecular weight excluding hydrogens is 242 g/mol. The van der Waals surface area contributed by atoms with Crippen molar-refractivity contribution in [2.75, 3.05) is 14.2 Å². The Labute approximate surface area is 114 Å². The largest absolute Gasteiger partial charge is 0.496 e. The molecule has 1 aromatic carbocycles. The van der Waals surface area contributed by atoms with Crippen molar-refractivity contribution in [1.29, 1.82) is 0 Å². The van der Waals surface area contributed by atoms with Gasteiger partial charge < -0.3 is 15.2 Å². The zero-order chi connectivity index (χ0) is 14.6. The summed E-state index contributed by atoms with van der Waals surface area (Å²) in [5.74, 6) is 0.594. The number of rotatable bonds is 5. The normalized spacial score (nSPS) is 12.9. The lowest BCUT2D eigenvalue weighted by molar-refractivity contribution is -0.151. The molecule has 0 fully saturated rings. The van der Waals surface area contributed by atoms with Crippen LogP contribution >= 0.6 is 0 Å². The maximum atomic E-state index is 11.7. The van der Waals surface area contributed by atoms with Crippen molar-refractivity contribution in [3.8, 4) is 5.75 Å². The molecule has 4 heteroatoms. The van der Waals surface area contributed by atoms with Crippen molar-refractivity contribution < 1.29 is 14.3 Å². The van der Waals surface area contributed by atoms with Crippen molar-refractivity contribution in [2.24, 2.45) is 11.1 Å². The first kappa shape index (κ1) is 15.5. The molecular formula is C15H23NO3. The van der Waals surface area contributed by atoms with Crippen LogP contribution in [0.1, 0.15) is 37.4 Å². The minimum Gasteiger partial charge on any atom is -0.496 e.